The molecular formula is C20H28N2O3. The molecule has 5 nitrogen and oxygen atoms in total. The Morgan fingerprint density at radius 2 is 1.84 bits per heavy atom. The number of carbonyl (C=O) groups excluding carboxylic acids is 1. The van der Waals surface area contributed by atoms with Crippen LogP contribution in [0.4, 0.5) is 0 Å². The van der Waals surface area contributed by atoms with Gasteiger partial charge in [0.1, 0.15) is 5.69 Å². The van der Waals surface area contributed by atoms with E-state index in [0.29, 0.717) is 12.2 Å². The Balaban J connectivity index is 2.46. The van der Waals surface area contributed by atoms with Crippen LogP contribution >= 0.6 is 0 Å². The lowest BCUT2D eigenvalue weighted by Crippen LogP contribution is -2.35. The summed E-state index contributed by atoms with van der Waals surface area (Å²) in [4.78, 5) is 25.9. The van der Waals surface area contributed by atoms with E-state index in [4.69, 9.17) is 5.11 Å². The largest absolute Gasteiger partial charge is 0.481 e. The van der Waals surface area contributed by atoms with Crippen molar-refractivity contribution in [1.29, 1.82) is 0 Å². The molecule has 0 aliphatic heterocycles. The monoisotopic (exact) mass is 344 g/mol. The van der Waals surface area contributed by atoms with Crippen molar-refractivity contribution >= 4 is 22.8 Å². The summed E-state index contributed by atoms with van der Waals surface area (Å²) >= 11 is 0. The van der Waals surface area contributed by atoms with Gasteiger partial charge in [0.05, 0.1) is 6.42 Å². The molecule has 1 heterocycles. The standard InChI is InChI=1S/C20H28N2O3/c1-4-6-13-22-17-10-8-7-9-16(17)15(3)19(22)20(25)21(12-5-2)14-11-18(23)24/h7-10H,4-6,11-14H2,1-3H3,(H,23,24). The summed E-state index contributed by atoms with van der Waals surface area (Å²) in [5.74, 6) is -0.940. The van der Waals surface area contributed by atoms with Gasteiger partial charge in [0.15, 0.2) is 0 Å². The molecule has 0 aliphatic carbocycles. The Bertz CT molecular complexity index is 749. The van der Waals surface area contributed by atoms with Crippen LogP contribution in [0.1, 0.15) is 55.6 Å². The van der Waals surface area contributed by atoms with Gasteiger partial charge in [-0.3, -0.25) is 9.59 Å². The predicted octanol–water partition coefficient (Wildman–Crippen LogP) is 4.08. The van der Waals surface area contributed by atoms with Crippen LogP contribution in [0.5, 0.6) is 0 Å². The Morgan fingerprint density at radius 3 is 2.48 bits per heavy atom. The molecule has 2 rings (SSSR count). The van der Waals surface area contributed by atoms with E-state index in [1.807, 2.05) is 32.0 Å². The van der Waals surface area contributed by atoms with Gasteiger partial charge >= 0.3 is 5.97 Å². The van der Waals surface area contributed by atoms with Gasteiger partial charge in [-0.05, 0) is 31.4 Å². The van der Waals surface area contributed by atoms with E-state index in [1.165, 1.54) is 0 Å². The van der Waals surface area contributed by atoms with Crippen molar-refractivity contribution in [2.45, 2.75) is 53.0 Å². The zero-order valence-corrected chi connectivity index (χ0v) is 15.4. The van der Waals surface area contributed by atoms with E-state index < -0.39 is 5.97 Å². The average molecular weight is 344 g/mol. The molecule has 0 saturated heterocycles. The van der Waals surface area contributed by atoms with Gasteiger partial charge in [-0.15, -0.1) is 0 Å². The van der Waals surface area contributed by atoms with Gasteiger partial charge in [0.2, 0.25) is 0 Å². The van der Waals surface area contributed by atoms with Gasteiger partial charge in [-0.25, -0.2) is 0 Å². The van der Waals surface area contributed by atoms with Gasteiger partial charge in [0.25, 0.3) is 5.91 Å². The normalized spacial score (nSPS) is 11.0. The van der Waals surface area contributed by atoms with E-state index in [2.05, 4.69) is 17.6 Å². The van der Waals surface area contributed by atoms with E-state index >= 15 is 0 Å². The quantitative estimate of drug-likeness (QED) is 0.745. The Morgan fingerprint density at radius 1 is 1.12 bits per heavy atom. The van der Waals surface area contributed by atoms with Crippen LogP contribution in [-0.4, -0.2) is 39.5 Å². The predicted molar refractivity (Wildman–Crippen MR) is 100 cm³/mol. The van der Waals surface area contributed by atoms with Crippen molar-refractivity contribution in [3.8, 4) is 0 Å². The smallest absolute Gasteiger partial charge is 0.305 e. The second kappa shape index (κ2) is 8.70. The van der Waals surface area contributed by atoms with Crippen LogP contribution in [0.15, 0.2) is 24.3 Å². The van der Waals surface area contributed by atoms with Crippen LogP contribution in [-0.2, 0) is 11.3 Å². The number of unbranched alkanes of at least 4 members (excludes halogenated alkanes) is 1. The zero-order valence-electron chi connectivity index (χ0n) is 15.4. The summed E-state index contributed by atoms with van der Waals surface area (Å²) in [5.41, 5.74) is 2.76. The average Bonchev–Trinajstić information content (AvgIpc) is 2.88. The summed E-state index contributed by atoms with van der Waals surface area (Å²) < 4.78 is 2.11. The maximum Gasteiger partial charge on any atom is 0.305 e. The first kappa shape index (κ1) is 19.0. The molecule has 1 aromatic heterocycles. The number of fused-ring (bicyclic) bond motifs is 1. The first-order chi connectivity index (χ1) is 12.0. The van der Waals surface area contributed by atoms with Crippen molar-refractivity contribution in [3.63, 3.8) is 0 Å². The number of nitrogens with zero attached hydrogens (tertiary/aromatic N) is 2. The molecule has 5 heteroatoms. The van der Waals surface area contributed by atoms with Gasteiger partial charge in [0, 0.05) is 30.5 Å². The number of amides is 1. The lowest BCUT2D eigenvalue weighted by Gasteiger charge is -2.23. The zero-order chi connectivity index (χ0) is 18.4. The minimum absolute atomic E-state index is 0.0278. The summed E-state index contributed by atoms with van der Waals surface area (Å²) in [5, 5.41) is 10.1. The molecule has 1 N–H and O–H groups in total. The Kier molecular flexibility index (Phi) is 6.62. The number of aryl methyl sites for hydroxylation is 2. The number of benzene rings is 1. The van der Waals surface area contributed by atoms with Crippen LogP contribution in [0.2, 0.25) is 0 Å². The molecule has 0 aliphatic rings. The third-order valence-corrected chi connectivity index (χ3v) is 4.54. The lowest BCUT2D eigenvalue weighted by atomic mass is 10.1. The molecular weight excluding hydrogens is 316 g/mol. The molecule has 0 bridgehead atoms. The van der Waals surface area contributed by atoms with Crippen molar-refractivity contribution < 1.29 is 14.7 Å². The SMILES string of the molecule is CCCCn1c(C(=O)N(CCC)CCC(=O)O)c(C)c2ccccc21. The molecule has 0 spiro atoms. The summed E-state index contributed by atoms with van der Waals surface area (Å²) in [6.07, 6.45) is 2.83. The van der Waals surface area contributed by atoms with Gasteiger partial charge in [-0.1, -0.05) is 38.5 Å². The molecule has 1 amide bonds. The number of hydrogen-bond acceptors (Lipinski definition) is 2. The fraction of sp³-hybridized carbons (Fsp3) is 0.500. The number of hydrogen-bond donors (Lipinski definition) is 1. The fourth-order valence-electron chi connectivity index (χ4n) is 3.27. The third-order valence-electron chi connectivity index (χ3n) is 4.54. The minimum Gasteiger partial charge on any atom is -0.481 e. The minimum atomic E-state index is -0.878. The molecule has 1 aromatic carbocycles. The second-order valence-corrected chi connectivity index (χ2v) is 6.43. The van der Waals surface area contributed by atoms with Crippen molar-refractivity contribution in [2.75, 3.05) is 13.1 Å². The molecule has 0 radical (unpaired) electrons. The van der Waals surface area contributed by atoms with Crippen molar-refractivity contribution in [1.82, 2.24) is 9.47 Å². The van der Waals surface area contributed by atoms with Crippen molar-refractivity contribution in [2.24, 2.45) is 0 Å². The number of carboxylic acids is 1. The van der Waals surface area contributed by atoms with Crippen LogP contribution in [0.25, 0.3) is 10.9 Å². The maximum absolute atomic E-state index is 13.2. The molecule has 0 atom stereocenters. The maximum atomic E-state index is 13.2. The van der Waals surface area contributed by atoms with E-state index in [0.717, 1.165) is 42.3 Å². The van der Waals surface area contributed by atoms with Crippen LogP contribution < -0.4 is 0 Å². The molecule has 0 fully saturated rings. The van der Waals surface area contributed by atoms with Crippen molar-refractivity contribution in [3.05, 3.63) is 35.5 Å². The van der Waals surface area contributed by atoms with Gasteiger partial charge in [-0.2, -0.15) is 0 Å². The molecule has 25 heavy (non-hydrogen) atoms. The van der Waals surface area contributed by atoms with Gasteiger partial charge < -0.3 is 14.6 Å². The Labute approximate surface area is 149 Å². The second-order valence-electron chi connectivity index (χ2n) is 6.43. The topological polar surface area (TPSA) is 62.5 Å². The highest BCUT2D eigenvalue weighted by Crippen LogP contribution is 2.27. The van der Waals surface area contributed by atoms with E-state index in [-0.39, 0.29) is 18.9 Å². The molecule has 0 saturated carbocycles. The highest BCUT2D eigenvalue weighted by Gasteiger charge is 2.24. The third kappa shape index (κ3) is 4.21. The molecule has 2 aromatic rings. The first-order valence-electron chi connectivity index (χ1n) is 9.10. The summed E-state index contributed by atoms with van der Waals surface area (Å²) in [7, 11) is 0. The fourth-order valence-corrected chi connectivity index (χ4v) is 3.27. The molecule has 0 unspecified atom stereocenters. The molecule has 136 valence electrons. The highest BCUT2D eigenvalue weighted by molar-refractivity contribution is 6.01. The van der Waals surface area contributed by atoms with E-state index in [9.17, 15) is 9.59 Å². The Hall–Kier alpha value is -2.30. The number of rotatable bonds is 9. The number of carboxylic acid groups (broad SMARTS) is 1. The number of carbonyl (C=O) groups is 2. The van der Waals surface area contributed by atoms with E-state index in [1.54, 1.807) is 4.90 Å². The number of para-hydroxylation sites is 1. The van der Waals surface area contributed by atoms with Crippen LogP contribution in [0, 0.1) is 6.92 Å². The number of aliphatic carboxylic acids is 1. The van der Waals surface area contributed by atoms with Crippen LogP contribution in [0.3, 0.4) is 0 Å². The lowest BCUT2D eigenvalue weighted by molar-refractivity contribution is -0.137. The highest BCUT2D eigenvalue weighted by atomic mass is 16.4. The summed E-state index contributed by atoms with van der Waals surface area (Å²) in [6.45, 7) is 7.73. The first-order valence-corrected chi connectivity index (χ1v) is 9.10. The summed E-state index contributed by atoms with van der Waals surface area (Å²) in [6, 6.07) is 8.08. The number of aromatic nitrogens is 1.